The molecule has 204 valence electrons. The molecule has 8 heteroatoms. The lowest BCUT2D eigenvalue weighted by atomic mass is 9.81. The molecule has 2 heterocycles. The average Bonchev–Trinajstić information content (AvgIpc) is 3.66. The molecule has 3 aliphatic rings. The molecule has 0 radical (unpaired) electrons. The van der Waals surface area contributed by atoms with Crippen LogP contribution in [0.2, 0.25) is 0 Å². The Morgan fingerprint density at radius 3 is 1.53 bits per heavy atom. The van der Waals surface area contributed by atoms with E-state index >= 15 is 0 Å². The molecule has 2 aromatic rings. The van der Waals surface area contributed by atoms with Gasteiger partial charge in [0.1, 0.15) is 24.7 Å². The van der Waals surface area contributed by atoms with Crippen LogP contribution < -0.4 is 20.1 Å². The lowest BCUT2D eigenvalue weighted by Crippen LogP contribution is -2.32. The van der Waals surface area contributed by atoms with Gasteiger partial charge in [-0.1, -0.05) is 12.1 Å². The summed E-state index contributed by atoms with van der Waals surface area (Å²) in [6, 6.07) is 15.0. The van der Waals surface area contributed by atoms with Gasteiger partial charge in [-0.3, -0.25) is 9.59 Å². The molecule has 1 aliphatic carbocycles. The van der Waals surface area contributed by atoms with Crippen LogP contribution in [0.3, 0.4) is 0 Å². The zero-order chi connectivity index (χ0) is 26.2. The second kappa shape index (κ2) is 13.1. The number of carbonyl (C=O) groups is 2. The van der Waals surface area contributed by atoms with Crippen molar-refractivity contribution in [2.45, 2.75) is 63.6 Å². The Bertz CT molecular complexity index is 986. The van der Waals surface area contributed by atoms with E-state index in [0.717, 1.165) is 61.8 Å². The van der Waals surface area contributed by atoms with E-state index < -0.39 is 0 Å². The molecular formula is C30H38N2O6. The summed E-state index contributed by atoms with van der Waals surface area (Å²) < 4.78 is 22.9. The minimum absolute atomic E-state index is 0.00349. The molecule has 2 N–H and O–H groups in total. The van der Waals surface area contributed by atoms with Gasteiger partial charge in [0.15, 0.2) is 0 Å². The van der Waals surface area contributed by atoms with Crippen LogP contribution in [0, 0.1) is 11.8 Å². The van der Waals surface area contributed by atoms with Gasteiger partial charge in [-0.15, -0.1) is 0 Å². The SMILES string of the molecule is O=C(Nc1cccc(OCC2CCCO2)c1)C1CCC(C(=O)Nc2cccc(OCC3CCCO3)c2)CC1. The highest BCUT2D eigenvalue weighted by Gasteiger charge is 2.30. The molecule has 1 saturated carbocycles. The number of hydrogen-bond donors (Lipinski definition) is 2. The fourth-order valence-corrected chi connectivity index (χ4v) is 5.36. The molecule has 2 amide bonds. The zero-order valence-corrected chi connectivity index (χ0v) is 21.9. The van der Waals surface area contributed by atoms with E-state index in [1.165, 1.54) is 0 Å². The molecular weight excluding hydrogens is 484 g/mol. The predicted molar refractivity (Wildman–Crippen MR) is 145 cm³/mol. The van der Waals surface area contributed by atoms with Crippen LogP contribution in [0.15, 0.2) is 48.5 Å². The number of rotatable bonds is 10. The van der Waals surface area contributed by atoms with Crippen molar-refractivity contribution in [1.29, 1.82) is 0 Å². The molecule has 0 spiro atoms. The largest absolute Gasteiger partial charge is 0.491 e. The smallest absolute Gasteiger partial charge is 0.227 e. The summed E-state index contributed by atoms with van der Waals surface area (Å²) in [5.74, 6) is 1.22. The summed E-state index contributed by atoms with van der Waals surface area (Å²) in [6.45, 7) is 2.64. The molecule has 0 bridgehead atoms. The van der Waals surface area contributed by atoms with E-state index in [-0.39, 0.29) is 35.9 Å². The van der Waals surface area contributed by atoms with E-state index in [0.29, 0.717) is 38.9 Å². The fourth-order valence-electron chi connectivity index (χ4n) is 5.36. The highest BCUT2D eigenvalue weighted by atomic mass is 16.5. The van der Waals surface area contributed by atoms with Crippen LogP contribution in [0.25, 0.3) is 0 Å². The number of hydrogen-bond acceptors (Lipinski definition) is 6. The molecule has 3 fully saturated rings. The maximum atomic E-state index is 12.9. The first-order chi connectivity index (χ1) is 18.6. The summed E-state index contributed by atoms with van der Waals surface area (Å²) >= 11 is 0. The standard InChI is InChI=1S/C30H38N2O6/c33-29(31-23-5-1-7-25(17-23)37-19-27-9-3-15-35-27)21-11-13-22(14-12-21)30(34)32-24-6-2-8-26(18-24)38-20-28-10-4-16-36-28/h1-2,5-8,17-18,21-22,27-28H,3-4,9-16,19-20H2,(H,31,33)(H,32,34). The van der Waals surface area contributed by atoms with Gasteiger partial charge < -0.3 is 29.6 Å². The van der Waals surface area contributed by atoms with Gasteiger partial charge in [0, 0.05) is 48.6 Å². The number of ether oxygens (including phenoxy) is 4. The summed E-state index contributed by atoms with van der Waals surface area (Å²) in [7, 11) is 0. The fraction of sp³-hybridized carbons (Fsp3) is 0.533. The maximum absolute atomic E-state index is 12.9. The van der Waals surface area contributed by atoms with Crippen molar-refractivity contribution in [3.05, 3.63) is 48.5 Å². The Morgan fingerprint density at radius 2 is 1.13 bits per heavy atom. The normalized spacial score (nSPS) is 25.1. The molecule has 2 atom stereocenters. The van der Waals surface area contributed by atoms with E-state index in [1.807, 2.05) is 48.5 Å². The summed E-state index contributed by atoms with van der Waals surface area (Å²) in [4.78, 5) is 25.8. The predicted octanol–water partition coefficient (Wildman–Crippen LogP) is 5.19. The monoisotopic (exact) mass is 522 g/mol. The Labute approximate surface area is 224 Å². The third kappa shape index (κ3) is 7.48. The first kappa shape index (κ1) is 26.5. The second-order valence-electron chi connectivity index (χ2n) is 10.5. The van der Waals surface area contributed by atoms with E-state index in [9.17, 15) is 9.59 Å². The summed E-state index contributed by atoms with van der Waals surface area (Å²) in [5.41, 5.74) is 1.45. The van der Waals surface area contributed by atoms with Gasteiger partial charge in [0.05, 0.1) is 12.2 Å². The van der Waals surface area contributed by atoms with Crippen molar-refractivity contribution >= 4 is 23.2 Å². The maximum Gasteiger partial charge on any atom is 0.227 e. The van der Waals surface area contributed by atoms with Crippen molar-refractivity contribution in [2.75, 3.05) is 37.1 Å². The quantitative estimate of drug-likeness (QED) is 0.446. The number of nitrogens with one attached hydrogen (secondary N) is 2. The van der Waals surface area contributed by atoms with E-state index in [2.05, 4.69) is 10.6 Å². The lowest BCUT2D eigenvalue weighted by molar-refractivity contribution is -0.125. The van der Waals surface area contributed by atoms with Crippen molar-refractivity contribution in [2.24, 2.45) is 11.8 Å². The first-order valence-corrected chi connectivity index (χ1v) is 13.9. The van der Waals surface area contributed by atoms with Crippen LogP contribution >= 0.6 is 0 Å². The van der Waals surface area contributed by atoms with Crippen molar-refractivity contribution < 1.29 is 28.5 Å². The van der Waals surface area contributed by atoms with Crippen LogP contribution in [0.4, 0.5) is 11.4 Å². The zero-order valence-electron chi connectivity index (χ0n) is 21.9. The second-order valence-corrected chi connectivity index (χ2v) is 10.5. The van der Waals surface area contributed by atoms with Gasteiger partial charge >= 0.3 is 0 Å². The molecule has 0 aromatic heterocycles. The number of benzene rings is 2. The van der Waals surface area contributed by atoms with E-state index in [1.54, 1.807) is 0 Å². The first-order valence-electron chi connectivity index (χ1n) is 13.9. The minimum Gasteiger partial charge on any atom is -0.491 e. The molecule has 8 nitrogen and oxygen atoms in total. The number of anilines is 2. The molecule has 2 aromatic carbocycles. The van der Waals surface area contributed by atoms with Crippen LogP contribution in [0.1, 0.15) is 51.4 Å². The Kier molecular flexibility index (Phi) is 9.15. The van der Waals surface area contributed by atoms with Crippen LogP contribution in [-0.4, -0.2) is 50.4 Å². The number of carbonyl (C=O) groups excluding carboxylic acids is 2. The van der Waals surface area contributed by atoms with Crippen LogP contribution in [0.5, 0.6) is 11.5 Å². The van der Waals surface area contributed by atoms with Gasteiger partial charge in [-0.25, -0.2) is 0 Å². The van der Waals surface area contributed by atoms with Gasteiger partial charge in [-0.2, -0.15) is 0 Å². The van der Waals surface area contributed by atoms with Crippen LogP contribution in [-0.2, 0) is 19.1 Å². The molecule has 5 rings (SSSR count). The van der Waals surface area contributed by atoms with E-state index in [4.69, 9.17) is 18.9 Å². The Morgan fingerprint density at radius 1 is 0.684 bits per heavy atom. The topological polar surface area (TPSA) is 95.1 Å². The minimum atomic E-state index is -0.106. The third-order valence-corrected chi connectivity index (χ3v) is 7.59. The third-order valence-electron chi connectivity index (χ3n) is 7.59. The average molecular weight is 523 g/mol. The molecule has 2 saturated heterocycles. The van der Waals surface area contributed by atoms with Crippen molar-refractivity contribution in [1.82, 2.24) is 0 Å². The lowest BCUT2D eigenvalue weighted by Gasteiger charge is -2.27. The Hall–Kier alpha value is -3.10. The van der Waals surface area contributed by atoms with Crippen molar-refractivity contribution in [3.63, 3.8) is 0 Å². The van der Waals surface area contributed by atoms with Crippen molar-refractivity contribution in [3.8, 4) is 11.5 Å². The number of amides is 2. The van der Waals surface area contributed by atoms with Gasteiger partial charge in [-0.05, 0) is 75.6 Å². The van der Waals surface area contributed by atoms with Gasteiger partial charge in [0.25, 0.3) is 0 Å². The molecule has 2 unspecified atom stereocenters. The highest BCUT2D eigenvalue weighted by molar-refractivity contribution is 5.94. The van der Waals surface area contributed by atoms with Gasteiger partial charge in [0.2, 0.25) is 11.8 Å². The highest BCUT2D eigenvalue weighted by Crippen LogP contribution is 2.31. The summed E-state index contributed by atoms with van der Waals surface area (Å²) in [5, 5.41) is 6.06. The summed E-state index contributed by atoms with van der Waals surface area (Å²) in [6.07, 6.45) is 7.23. The molecule has 2 aliphatic heterocycles. The Balaban J connectivity index is 1.05. The molecule has 38 heavy (non-hydrogen) atoms.